The molecule has 0 amide bonds. The van der Waals surface area contributed by atoms with Gasteiger partial charge in [-0.3, -0.25) is 4.79 Å². The number of allylic oxidation sites excluding steroid dienone is 1. The van der Waals surface area contributed by atoms with Gasteiger partial charge < -0.3 is 9.47 Å². The lowest BCUT2D eigenvalue weighted by Gasteiger charge is -2.22. The summed E-state index contributed by atoms with van der Waals surface area (Å²) in [6.45, 7) is 3.79. The van der Waals surface area contributed by atoms with Crippen LogP contribution in [0.15, 0.2) is 89.3 Å². The number of carbonyl (C=O) groups is 1. The average molecular weight is 480 g/mol. The molecule has 34 heavy (non-hydrogen) atoms. The largest absolute Gasteiger partial charge is 0.497 e. The summed E-state index contributed by atoms with van der Waals surface area (Å²) < 4.78 is 39.8. The molecule has 0 bridgehead atoms. The number of carbonyl (C=O) groups excluding carboxylic acids is 1. The molecule has 0 aliphatic carbocycles. The second kappa shape index (κ2) is 11.1. The lowest BCUT2D eigenvalue weighted by molar-refractivity contribution is 0.102. The van der Waals surface area contributed by atoms with Crippen molar-refractivity contribution >= 4 is 15.8 Å². The third kappa shape index (κ3) is 5.92. The Morgan fingerprint density at radius 2 is 1.41 bits per heavy atom. The van der Waals surface area contributed by atoms with E-state index in [0.29, 0.717) is 34.6 Å². The van der Waals surface area contributed by atoms with E-state index >= 15 is 0 Å². The summed E-state index contributed by atoms with van der Waals surface area (Å²) in [7, 11) is -0.812. The highest BCUT2D eigenvalue weighted by Gasteiger charge is 2.28. The highest BCUT2D eigenvalue weighted by molar-refractivity contribution is 7.89. The Labute approximate surface area is 201 Å². The Kier molecular flexibility index (Phi) is 8.26. The van der Waals surface area contributed by atoms with Crippen LogP contribution in [0.1, 0.15) is 40.9 Å². The molecule has 7 heteroatoms. The highest BCUT2D eigenvalue weighted by atomic mass is 32.2. The van der Waals surface area contributed by atoms with Gasteiger partial charge in [0.15, 0.2) is 5.78 Å². The first-order valence-electron chi connectivity index (χ1n) is 10.9. The van der Waals surface area contributed by atoms with E-state index in [-0.39, 0.29) is 10.7 Å². The van der Waals surface area contributed by atoms with Crippen LogP contribution >= 0.6 is 0 Å². The van der Waals surface area contributed by atoms with Crippen molar-refractivity contribution in [3.8, 4) is 11.5 Å². The molecule has 0 spiro atoms. The van der Waals surface area contributed by atoms with Crippen LogP contribution in [0.3, 0.4) is 0 Å². The number of hydrogen-bond donors (Lipinski definition) is 1. The molecule has 0 aliphatic rings. The van der Waals surface area contributed by atoms with Crippen LogP contribution in [0.2, 0.25) is 0 Å². The van der Waals surface area contributed by atoms with Gasteiger partial charge in [-0.15, -0.1) is 0 Å². The second-order valence-electron chi connectivity index (χ2n) is 7.77. The molecule has 0 heterocycles. The van der Waals surface area contributed by atoms with Crippen molar-refractivity contribution in [3.05, 3.63) is 101 Å². The van der Waals surface area contributed by atoms with Gasteiger partial charge in [-0.1, -0.05) is 42.8 Å². The molecule has 0 saturated carbocycles. The summed E-state index contributed by atoms with van der Waals surface area (Å²) in [5, 5.41) is 0. The molecule has 6 nitrogen and oxygen atoms in total. The Balaban J connectivity index is 2.08. The van der Waals surface area contributed by atoms with Gasteiger partial charge in [-0.25, -0.2) is 8.42 Å². The molecule has 1 unspecified atom stereocenters. The standard InChI is InChI=1S/C27H29NO5S/c1-5-6-25(27(29)21-11-15-23(33-4)16-12-21)26(20-9-13-22(32-3)14-10-20)28-34(30,31)24-17-7-19(2)8-18-24/h6-18,26,28H,5H2,1-4H3/b25-6-. The fourth-order valence-electron chi connectivity index (χ4n) is 3.52. The van der Waals surface area contributed by atoms with Crippen LogP contribution in [-0.2, 0) is 10.0 Å². The molecule has 0 fully saturated rings. The summed E-state index contributed by atoms with van der Waals surface area (Å²) in [6.07, 6.45) is 2.31. The smallest absolute Gasteiger partial charge is 0.241 e. The van der Waals surface area contributed by atoms with Crippen LogP contribution in [-0.4, -0.2) is 28.4 Å². The molecule has 1 N–H and O–H groups in total. The average Bonchev–Trinajstić information content (AvgIpc) is 2.86. The monoisotopic (exact) mass is 479 g/mol. The normalized spacial score (nSPS) is 12.8. The van der Waals surface area contributed by atoms with E-state index < -0.39 is 16.1 Å². The van der Waals surface area contributed by atoms with Crippen LogP contribution in [0.5, 0.6) is 11.5 Å². The number of sulfonamides is 1. The van der Waals surface area contributed by atoms with E-state index in [0.717, 1.165) is 5.56 Å². The molecule has 0 radical (unpaired) electrons. The van der Waals surface area contributed by atoms with Gasteiger partial charge in [0.05, 0.1) is 25.2 Å². The molecular weight excluding hydrogens is 450 g/mol. The van der Waals surface area contributed by atoms with E-state index in [1.54, 1.807) is 93.1 Å². The van der Waals surface area contributed by atoms with Crippen LogP contribution < -0.4 is 14.2 Å². The summed E-state index contributed by atoms with van der Waals surface area (Å²) in [6, 6.07) is 19.4. The number of ether oxygens (including phenoxy) is 2. The van der Waals surface area contributed by atoms with Crippen molar-refractivity contribution in [3.63, 3.8) is 0 Å². The van der Waals surface area contributed by atoms with Gasteiger partial charge in [0, 0.05) is 11.1 Å². The number of Topliss-reactive ketones (excluding diaryl/α,β-unsaturated/α-hetero) is 1. The lowest BCUT2D eigenvalue weighted by Crippen LogP contribution is -2.32. The van der Waals surface area contributed by atoms with E-state index in [2.05, 4.69) is 4.72 Å². The number of benzene rings is 3. The first-order chi connectivity index (χ1) is 16.3. The molecule has 3 aromatic carbocycles. The first-order valence-corrected chi connectivity index (χ1v) is 12.4. The van der Waals surface area contributed by atoms with Crippen LogP contribution in [0.25, 0.3) is 0 Å². The van der Waals surface area contributed by atoms with E-state index in [4.69, 9.17) is 9.47 Å². The van der Waals surface area contributed by atoms with Crippen molar-refractivity contribution in [1.82, 2.24) is 4.72 Å². The molecule has 178 valence electrons. The minimum absolute atomic E-state index is 0.129. The number of rotatable bonds is 10. The Bertz CT molecular complexity index is 1250. The van der Waals surface area contributed by atoms with Crippen molar-refractivity contribution in [1.29, 1.82) is 0 Å². The topological polar surface area (TPSA) is 81.7 Å². The van der Waals surface area contributed by atoms with E-state index in [1.165, 1.54) is 0 Å². The summed E-state index contributed by atoms with van der Waals surface area (Å²) in [5.74, 6) is 0.993. The van der Waals surface area contributed by atoms with Gasteiger partial charge >= 0.3 is 0 Å². The SMILES string of the molecule is CC/C=C(\C(=O)c1ccc(OC)cc1)C(NS(=O)(=O)c1ccc(C)cc1)c1ccc(OC)cc1. The molecule has 1 atom stereocenters. The van der Waals surface area contributed by atoms with Gasteiger partial charge in [-0.05, 0) is 67.4 Å². The predicted octanol–water partition coefficient (Wildman–Crippen LogP) is 5.25. The molecule has 3 aromatic rings. The minimum Gasteiger partial charge on any atom is -0.497 e. The number of aryl methyl sites for hydroxylation is 1. The maximum atomic E-state index is 13.6. The van der Waals surface area contributed by atoms with Crippen molar-refractivity contribution in [2.75, 3.05) is 14.2 Å². The zero-order chi connectivity index (χ0) is 24.7. The van der Waals surface area contributed by atoms with Crippen molar-refractivity contribution < 1.29 is 22.7 Å². The minimum atomic E-state index is -3.92. The first kappa shape index (κ1) is 25.2. The molecule has 0 aromatic heterocycles. The van der Waals surface area contributed by atoms with Gasteiger partial charge in [0.25, 0.3) is 0 Å². The Morgan fingerprint density at radius 1 is 0.882 bits per heavy atom. The zero-order valence-electron chi connectivity index (χ0n) is 19.7. The number of ketones is 1. The fraction of sp³-hybridized carbons (Fsp3) is 0.222. The van der Waals surface area contributed by atoms with Gasteiger partial charge in [0.1, 0.15) is 11.5 Å². The number of nitrogens with one attached hydrogen (secondary N) is 1. The molecule has 0 aliphatic heterocycles. The maximum absolute atomic E-state index is 13.6. The van der Waals surface area contributed by atoms with Crippen LogP contribution in [0.4, 0.5) is 0 Å². The second-order valence-corrected chi connectivity index (χ2v) is 9.48. The quantitative estimate of drug-likeness (QED) is 0.317. The molecule has 3 rings (SSSR count). The molecular formula is C27H29NO5S. The third-order valence-electron chi connectivity index (χ3n) is 5.40. The van der Waals surface area contributed by atoms with Crippen LogP contribution in [0, 0.1) is 6.92 Å². The maximum Gasteiger partial charge on any atom is 0.241 e. The molecule has 0 saturated heterocycles. The summed E-state index contributed by atoms with van der Waals surface area (Å²) in [4.78, 5) is 13.7. The highest BCUT2D eigenvalue weighted by Crippen LogP contribution is 2.29. The van der Waals surface area contributed by atoms with Crippen molar-refractivity contribution in [2.24, 2.45) is 0 Å². The lowest BCUT2D eigenvalue weighted by atomic mass is 9.92. The van der Waals surface area contributed by atoms with Gasteiger partial charge in [0.2, 0.25) is 10.0 Å². The number of methoxy groups -OCH3 is 2. The zero-order valence-corrected chi connectivity index (χ0v) is 20.6. The van der Waals surface area contributed by atoms with Crippen molar-refractivity contribution in [2.45, 2.75) is 31.2 Å². The van der Waals surface area contributed by atoms with Gasteiger partial charge in [-0.2, -0.15) is 4.72 Å². The van der Waals surface area contributed by atoms with E-state index in [1.807, 2.05) is 13.8 Å². The third-order valence-corrected chi connectivity index (χ3v) is 6.84. The summed E-state index contributed by atoms with van der Waals surface area (Å²) >= 11 is 0. The predicted molar refractivity (Wildman–Crippen MR) is 133 cm³/mol. The van der Waals surface area contributed by atoms with E-state index in [9.17, 15) is 13.2 Å². The Morgan fingerprint density at radius 3 is 1.91 bits per heavy atom. The summed E-state index contributed by atoms with van der Waals surface area (Å²) in [5.41, 5.74) is 2.35. The Hall–Kier alpha value is -3.42. The number of hydrogen-bond acceptors (Lipinski definition) is 5. The fourth-order valence-corrected chi connectivity index (χ4v) is 4.72.